The fraction of sp³-hybridized carbons (Fsp3) is 0.556. The van der Waals surface area contributed by atoms with Gasteiger partial charge in [-0.05, 0) is 51.8 Å². The molecule has 0 saturated carbocycles. The molecule has 2 aromatic heterocycles. The molecule has 1 fully saturated rings. The van der Waals surface area contributed by atoms with Crippen molar-refractivity contribution in [3.05, 3.63) is 30.1 Å². The zero-order chi connectivity index (χ0) is 16.6. The first-order valence-corrected chi connectivity index (χ1v) is 8.23. The molecule has 1 amide bonds. The number of fused-ring (bicyclic) bond motifs is 1. The summed E-state index contributed by atoms with van der Waals surface area (Å²) in [5, 5.41) is 0. The van der Waals surface area contributed by atoms with E-state index in [1.807, 2.05) is 45.0 Å². The minimum absolute atomic E-state index is 0.219. The number of hydrogen-bond donors (Lipinski definition) is 0. The Balaban J connectivity index is 1.75. The lowest BCUT2D eigenvalue weighted by Gasteiger charge is -2.34. The maximum atomic E-state index is 12.3. The summed E-state index contributed by atoms with van der Waals surface area (Å²) < 4.78 is 7.57. The standard InChI is InChI=1S/C18H25N3O2/c1-18(2,3)23-17(22)21-10-5-6-13(12-21)14-7-8-16-15(19-14)9-11-20(16)4/h7-9,11,13H,5-6,10,12H2,1-4H3. The van der Waals surface area contributed by atoms with Crippen molar-refractivity contribution in [3.63, 3.8) is 0 Å². The van der Waals surface area contributed by atoms with E-state index in [2.05, 4.69) is 16.7 Å². The minimum Gasteiger partial charge on any atom is -0.444 e. The second-order valence-corrected chi connectivity index (χ2v) is 7.33. The van der Waals surface area contributed by atoms with Crippen LogP contribution in [0, 0.1) is 0 Å². The average molecular weight is 315 g/mol. The Bertz CT molecular complexity index is 715. The van der Waals surface area contributed by atoms with Crippen LogP contribution in [-0.2, 0) is 11.8 Å². The Labute approximate surface area is 137 Å². The van der Waals surface area contributed by atoms with Crippen molar-refractivity contribution >= 4 is 17.1 Å². The van der Waals surface area contributed by atoms with Crippen molar-refractivity contribution in [2.24, 2.45) is 7.05 Å². The van der Waals surface area contributed by atoms with E-state index in [-0.39, 0.29) is 12.0 Å². The number of pyridine rings is 1. The van der Waals surface area contributed by atoms with E-state index in [1.165, 1.54) is 0 Å². The summed E-state index contributed by atoms with van der Waals surface area (Å²) in [6.45, 7) is 7.14. The molecule has 0 radical (unpaired) electrons. The monoisotopic (exact) mass is 315 g/mol. The number of aryl methyl sites for hydroxylation is 1. The maximum absolute atomic E-state index is 12.3. The quantitative estimate of drug-likeness (QED) is 0.806. The summed E-state index contributed by atoms with van der Waals surface area (Å²) >= 11 is 0. The average Bonchev–Trinajstić information content (AvgIpc) is 2.87. The Kier molecular flexibility index (Phi) is 4.04. The Morgan fingerprint density at radius 1 is 1.30 bits per heavy atom. The zero-order valence-electron chi connectivity index (χ0n) is 14.4. The van der Waals surface area contributed by atoms with Gasteiger partial charge in [0, 0.05) is 37.9 Å². The summed E-state index contributed by atoms with van der Waals surface area (Å²) in [5.74, 6) is 0.279. The number of hydrogen-bond acceptors (Lipinski definition) is 3. The van der Waals surface area contributed by atoms with E-state index < -0.39 is 5.60 Å². The van der Waals surface area contributed by atoms with E-state index in [0.29, 0.717) is 6.54 Å². The van der Waals surface area contributed by atoms with Gasteiger partial charge in [0.15, 0.2) is 0 Å². The van der Waals surface area contributed by atoms with Crippen molar-refractivity contribution < 1.29 is 9.53 Å². The van der Waals surface area contributed by atoms with Gasteiger partial charge >= 0.3 is 6.09 Å². The number of carbonyl (C=O) groups excluding carboxylic acids is 1. The molecule has 5 heteroatoms. The molecule has 3 heterocycles. The number of likely N-dealkylation sites (tertiary alicyclic amines) is 1. The zero-order valence-corrected chi connectivity index (χ0v) is 14.4. The topological polar surface area (TPSA) is 47.4 Å². The van der Waals surface area contributed by atoms with Crippen molar-refractivity contribution in [2.45, 2.75) is 45.1 Å². The fourth-order valence-electron chi connectivity index (χ4n) is 3.11. The van der Waals surface area contributed by atoms with Crippen LogP contribution in [0.25, 0.3) is 11.0 Å². The van der Waals surface area contributed by atoms with Gasteiger partial charge in [-0.1, -0.05) is 0 Å². The number of amides is 1. The van der Waals surface area contributed by atoms with Crippen LogP contribution in [-0.4, -0.2) is 39.2 Å². The predicted molar refractivity (Wildman–Crippen MR) is 90.5 cm³/mol. The van der Waals surface area contributed by atoms with Crippen LogP contribution in [0.4, 0.5) is 4.79 Å². The molecule has 1 atom stereocenters. The third kappa shape index (κ3) is 3.49. The van der Waals surface area contributed by atoms with E-state index in [1.54, 1.807) is 0 Å². The molecule has 0 aromatic carbocycles. The van der Waals surface area contributed by atoms with Crippen LogP contribution in [0.5, 0.6) is 0 Å². The van der Waals surface area contributed by atoms with E-state index >= 15 is 0 Å². The highest BCUT2D eigenvalue weighted by Gasteiger charge is 2.29. The molecule has 5 nitrogen and oxygen atoms in total. The third-order valence-corrected chi connectivity index (χ3v) is 4.25. The highest BCUT2D eigenvalue weighted by Crippen LogP contribution is 2.28. The number of aromatic nitrogens is 2. The highest BCUT2D eigenvalue weighted by atomic mass is 16.6. The summed E-state index contributed by atoms with van der Waals surface area (Å²) in [7, 11) is 2.02. The Hall–Kier alpha value is -2.04. The van der Waals surface area contributed by atoms with Crippen LogP contribution in [0.15, 0.2) is 24.4 Å². The van der Waals surface area contributed by atoms with Crippen LogP contribution >= 0.6 is 0 Å². The molecule has 1 saturated heterocycles. The molecule has 124 valence electrons. The number of nitrogens with zero attached hydrogens (tertiary/aromatic N) is 3. The fourth-order valence-corrected chi connectivity index (χ4v) is 3.11. The third-order valence-electron chi connectivity index (χ3n) is 4.25. The summed E-state index contributed by atoms with van der Waals surface area (Å²) in [6, 6.07) is 6.24. The lowest BCUT2D eigenvalue weighted by Crippen LogP contribution is -2.42. The molecular weight excluding hydrogens is 290 g/mol. The molecule has 23 heavy (non-hydrogen) atoms. The normalized spacial score (nSPS) is 19.1. The van der Waals surface area contributed by atoms with Crippen molar-refractivity contribution in [3.8, 4) is 0 Å². The van der Waals surface area contributed by atoms with Gasteiger partial charge in [0.05, 0.1) is 11.0 Å². The van der Waals surface area contributed by atoms with Crippen molar-refractivity contribution in [1.29, 1.82) is 0 Å². The molecule has 0 N–H and O–H groups in total. The number of carbonyl (C=O) groups is 1. The van der Waals surface area contributed by atoms with Gasteiger partial charge in [-0.2, -0.15) is 0 Å². The summed E-state index contributed by atoms with van der Waals surface area (Å²) in [6.07, 6.45) is 3.85. The Morgan fingerprint density at radius 2 is 2.09 bits per heavy atom. The smallest absolute Gasteiger partial charge is 0.410 e. The van der Waals surface area contributed by atoms with Gasteiger partial charge < -0.3 is 14.2 Å². The highest BCUT2D eigenvalue weighted by molar-refractivity contribution is 5.75. The Morgan fingerprint density at radius 3 is 2.83 bits per heavy atom. The number of rotatable bonds is 1. The molecule has 1 aliphatic rings. The van der Waals surface area contributed by atoms with Crippen molar-refractivity contribution in [2.75, 3.05) is 13.1 Å². The van der Waals surface area contributed by atoms with Crippen molar-refractivity contribution in [1.82, 2.24) is 14.5 Å². The predicted octanol–water partition coefficient (Wildman–Crippen LogP) is 3.69. The number of ether oxygens (including phenoxy) is 1. The molecule has 1 unspecified atom stereocenters. The van der Waals surface area contributed by atoms with E-state index in [4.69, 9.17) is 9.72 Å². The molecule has 3 rings (SSSR count). The van der Waals surface area contributed by atoms with Crippen LogP contribution < -0.4 is 0 Å². The van der Waals surface area contributed by atoms with Gasteiger partial charge in [0.1, 0.15) is 5.60 Å². The summed E-state index contributed by atoms with van der Waals surface area (Å²) in [4.78, 5) is 18.9. The van der Waals surface area contributed by atoms with Gasteiger partial charge in [-0.3, -0.25) is 4.98 Å². The first-order valence-electron chi connectivity index (χ1n) is 8.23. The largest absolute Gasteiger partial charge is 0.444 e. The van der Waals surface area contributed by atoms with Gasteiger partial charge in [-0.15, -0.1) is 0 Å². The molecule has 2 aromatic rings. The van der Waals surface area contributed by atoms with Crippen LogP contribution in [0.3, 0.4) is 0 Å². The van der Waals surface area contributed by atoms with Gasteiger partial charge in [0.2, 0.25) is 0 Å². The first-order chi connectivity index (χ1) is 10.8. The molecule has 0 aliphatic carbocycles. The lowest BCUT2D eigenvalue weighted by molar-refractivity contribution is 0.0197. The lowest BCUT2D eigenvalue weighted by atomic mass is 9.94. The van der Waals surface area contributed by atoms with E-state index in [9.17, 15) is 4.79 Å². The van der Waals surface area contributed by atoms with Crippen LogP contribution in [0.2, 0.25) is 0 Å². The first kappa shape index (κ1) is 15.8. The summed E-state index contributed by atoms with van der Waals surface area (Å²) in [5.41, 5.74) is 2.76. The number of piperidine rings is 1. The van der Waals surface area contributed by atoms with Gasteiger partial charge in [-0.25, -0.2) is 4.79 Å². The maximum Gasteiger partial charge on any atom is 0.410 e. The van der Waals surface area contributed by atoms with E-state index in [0.717, 1.165) is 36.1 Å². The SMILES string of the molecule is Cn1ccc2nc(C3CCCN(C(=O)OC(C)(C)C)C3)ccc21. The second-order valence-electron chi connectivity index (χ2n) is 7.33. The molecular formula is C18H25N3O2. The van der Waals surface area contributed by atoms with Gasteiger partial charge in [0.25, 0.3) is 0 Å². The molecule has 0 spiro atoms. The van der Waals surface area contributed by atoms with Crippen LogP contribution in [0.1, 0.15) is 45.2 Å². The second kappa shape index (κ2) is 5.87. The molecule has 0 bridgehead atoms. The molecule has 1 aliphatic heterocycles. The minimum atomic E-state index is -0.453.